The predicted molar refractivity (Wildman–Crippen MR) is 377 cm³/mol. The molecular formula is C82H90BN3S. The predicted octanol–water partition coefficient (Wildman–Crippen LogP) is 21.4. The van der Waals surface area contributed by atoms with Crippen LogP contribution in [0.25, 0.3) is 21.2 Å². The lowest BCUT2D eigenvalue weighted by Gasteiger charge is -2.45. The minimum Gasteiger partial charge on any atom is -0.311 e. The Morgan fingerprint density at radius 2 is 1.03 bits per heavy atom. The average molecular weight is 1160 g/mol. The number of rotatable bonds is 5. The zero-order valence-corrected chi connectivity index (χ0v) is 55.5. The molecule has 87 heavy (non-hydrogen) atoms. The fourth-order valence-corrected chi connectivity index (χ4v) is 18.3. The highest BCUT2D eigenvalue weighted by atomic mass is 32.1. The van der Waals surface area contributed by atoms with Crippen molar-refractivity contribution in [3.8, 4) is 11.1 Å². The van der Waals surface area contributed by atoms with E-state index in [1.165, 1.54) is 107 Å². The number of anilines is 9. The van der Waals surface area contributed by atoms with Gasteiger partial charge in [0.25, 0.3) is 6.71 Å². The van der Waals surface area contributed by atoms with Crippen LogP contribution >= 0.6 is 11.3 Å². The number of fused-ring (bicyclic) bond motifs is 15. The standard InChI is InChI=1S/C82H90BN3S/c1-49-40-70-73-71(41-49)86(59-30-34-62-61-33-24-54(79(11,12)13)44-65(61)82(66(62)45-59)48-50-18-19-55(82)42-50)74-63-43-53(78(8,9)10)25-37-72(63)87-75(74)83(73)68-36-32-60(47-69(68)85(70)58-31-35-64-67(46-58)81(16,17)39-38-80(64,14)15)84(56-26-20-51(21-27-56)76(2,3)4)57-28-22-52(23-29-57)77(5,6)7/h20-37,40-41,43-47,50,55H,18-19,38-39,42,48H2,1-17H3/i1D3. The topological polar surface area (TPSA) is 9.72 Å². The number of aryl methyl sites for hydroxylation is 1. The van der Waals surface area contributed by atoms with Gasteiger partial charge in [0.15, 0.2) is 0 Å². The maximum atomic E-state index is 9.55. The highest BCUT2D eigenvalue weighted by molar-refractivity contribution is 7.33. The Morgan fingerprint density at radius 3 is 1.63 bits per heavy atom. The first kappa shape index (κ1) is 53.2. The van der Waals surface area contributed by atoms with E-state index >= 15 is 0 Å². The van der Waals surface area contributed by atoms with Gasteiger partial charge in [-0.15, -0.1) is 11.3 Å². The molecule has 9 aromatic rings. The first-order valence-corrected chi connectivity index (χ1v) is 33.5. The van der Waals surface area contributed by atoms with Crippen molar-refractivity contribution in [3.05, 3.63) is 202 Å². The summed E-state index contributed by atoms with van der Waals surface area (Å²) in [5.74, 6) is 1.28. The lowest BCUT2D eigenvalue weighted by Crippen LogP contribution is -2.60. The maximum absolute atomic E-state index is 9.55. The molecule has 1 aromatic heterocycles. The van der Waals surface area contributed by atoms with E-state index in [0.717, 1.165) is 63.8 Å². The lowest BCUT2D eigenvalue weighted by molar-refractivity contribution is 0.326. The van der Waals surface area contributed by atoms with Crippen LogP contribution in [0.5, 0.6) is 0 Å². The van der Waals surface area contributed by atoms with Gasteiger partial charge in [0.05, 0.1) is 5.69 Å². The Hall–Kier alpha value is -6.82. The van der Waals surface area contributed by atoms with Crippen molar-refractivity contribution < 1.29 is 4.11 Å². The van der Waals surface area contributed by atoms with Crippen molar-refractivity contribution in [2.75, 3.05) is 14.7 Å². The average Bonchev–Trinajstić information content (AvgIpc) is 1.32. The van der Waals surface area contributed by atoms with Gasteiger partial charge >= 0.3 is 0 Å². The Kier molecular flexibility index (Phi) is 11.5. The van der Waals surface area contributed by atoms with E-state index in [-0.39, 0.29) is 44.6 Å². The molecule has 2 bridgehead atoms. The van der Waals surface area contributed by atoms with Gasteiger partial charge in [-0.1, -0.05) is 184 Å². The summed E-state index contributed by atoms with van der Waals surface area (Å²) >= 11 is 1.92. The Bertz CT molecular complexity index is 4380. The van der Waals surface area contributed by atoms with E-state index in [1.807, 2.05) is 11.3 Å². The molecule has 0 radical (unpaired) electrons. The fourth-order valence-electron chi connectivity index (χ4n) is 17.0. The fraction of sp³-hybridized carbons (Fsp3) is 0.390. The number of hydrogen-bond donors (Lipinski definition) is 0. The molecule has 0 amide bonds. The van der Waals surface area contributed by atoms with Crippen LogP contribution in [0.4, 0.5) is 51.2 Å². The molecular weight excluding hydrogens is 1070 g/mol. The smallest absolute Gasteiger partial charge is 0.264 e. The Morgan fingerprint density at radius 1 is 0.506 bits per heavy atom. The molecule has 442 valence electrons. The summed E-state index contributed by atoms with van der Waals surface area (Å²) in [6.45, 7) is 34.7. The molecule has 5 heteroatoms. The lowest BCUT2D eigenvalue weighted by atomic mass is 9.36. The van der Waals surface area contributed by atoms with E-state index < -0.39 is 6.85 Å². The minimum absolute atomic E-state index is 0.00103. The van der Waals surface area contributed by atoms with Gasteiger partial charge in [-0.3, -0.25) is 0 Å². The molecule has 2 fully saturated rings. The van der Waals surface area contributed by atoms with Gasteiger partial charge in [-0.25, -0.2) is 0 Å². The molecule has 3 atom stereocenters. The zero-order chi connectivity index (χ0) is 63.5. The SMILES string of the molecule is [2H]C([2H])([2H])c1cc2c3c(c1)N(c1ccc4c(c1)C1(CC5CCC1C5)c1cc(C(C)(C)C)ccc1-4)c1c(sc4ccc(C(C)(C)C)cc14)B3c1ccc(N(c3ccc(C(C)(C)C)cc3)c3ccc(C(C)(C)C)cc3)cc1N2c1ccc2c(c1)C(C)(C)CCC2(C)C. The molecule has 2 aliphatic heterocycles. The summed E-state index contributed by atoms with van der Waals surface area (Å²) in [7, 11) is 0. The van der Waals surface area contributed by atoms with Gasteiger partial charge in [-0.2, -0.15) is 0 Å². The molecule has 3 heterocycles. The summed E-state index contributed by atoms with van der Waals surface area (Å²) in [4.78, 5) is 7.46. The van der Waals surface area contributed by atoms with Crippen LogP contribution in [0, 0.1) is 18.7 Å². The van der Waals surface area contributed by atoms with Crippen molar-refractivity contribution in [1.29, 1.82) is 0 Å². The molecule has 2 saturated carbocycles. The molecule has 0 saturated heterocycles. The first-order chi connectivity index (χ1) is 42.2. The third-order valence-corrected chi connectivity index (χ3v) is 23.3. The molecule has 15 rings (SSSR count). The van der Waals surface area contributed by atoms with Crippen LogP contribution in [-0.4, -0.2) is 6.71 Å². The van der Waals surface area contributed by atoms with Crippen molar-refractivity contribution >= 4 is 95.0 Å². The largest absolute Gasteiger partial charge is 0.311 e. The van der Waals surface area contributed by atoms with Crippen molar-refractivity contribution in [3.63, 3.8) is 0 Å². The molecule has 6 aliphatic rings. The molecule has 4 aliphatic carbocycles. The van der Waals surface area contributed by atoms with Gasteiger partial charge < -0.3 is 14.7 Å². The summed E-state index contributed by atoms with van der Waals surface area (Å²) in [6, 6.07) is 59.0. The molecule has 3 nitrogen and oxygen atoms in total. The minimum atomic E-state index is -2.43. The number of hydrogen-bond acceptors (Lipinski definition) is 4. The molecule has 3 unspecified atom stereocenters. The van der Waals surface area contributed by atoms with E-state index in [9.17, 15) is 4.11 Å². The summed E-state index contributed by atoms with van der Waals surface area (Å²) in [5.41, 5.74) is 25.6. The second kappa shape index (κ2) is 18.9. The van der Waals surface area contributed by atoms with Gasteiger partial charge in [0, 0.05) is 69.9 Å². The highest BCUT2D eigenvalue weighted by Gasteiger charge is 2.57. The Balaban J connectivity index is 1.03. The maximum Gasteiger partial charge on any atom is 0.264 e. The molecule has 0 N–H and O–H groups in total. The van der Waals surface area contributed by atoms with Crippen molar-refractivity contribution in [2.45, 2.75) is 194 Å². The van der Waals surface area contributed by atoms with Crippen LogP contribution in [0.1, 0.15) is 203 Å². The van der Waals surface area contributed by atoms with E-state index in [1.54, 1.807) is 0 Å². The highest BCUT2D eigenvalue weighted by Crippen LogP contribution is 2.67. The normalized spacial score (nSPS) is 21.0. The van der Waals surface area contributed by atoms with Gasteiger partial charge in [0.1, 0.15) is 0 Å². The van der Waals surface area contributed by atoms with E-state index in [0.29, 0.717) is 17.4 Å². The zero-order valence-electron chi connectivity index (χ0n) is 57.7. The second-order valence-electron chi connectivity index (χ2n) is 32.8. The second-order valence-corrected chi connectivity index (χ2v) is 33.9. The van der Waals surface area contributed by atoms with Gasteiger partial charge in [0.2, 0.25) is 0 Å². The van der Waals surface area contributed by atoms with E-state index in [4.69, 9.17) is 0 Å². The van der Waals surface area contributed by atoms with Crippen LogP contribution < -0.4 is 30.4 Å². The number of benzene rings is 8. The molecule has 1 spiro atoms. The third-order valence-electron chi connectivity index (χ3n) is 22.1. The molecule has 8 aromatic carbocycles. The monoisotopic (exact) mass is 1160 g/mol. The van der Waals surface area contributed by atoms with E-state index in [2.05, 4.69) is 277 Å². The summed E-state index contributed by atoms with van der Waals surface area (Å²) < 4.78 is 31.2. The number of thiophene rings is 1. The van der Waals surface area contributed by atoms with Crippen molar-refractivity contribution in [1.82, 2.24) is 0 Å². The third kappa shape index (κ3) is 8.68. The summed E-state index contributed by atoms with van der Waals surface area (Å²) in [6.07, 6.45) is 7.20. The first-order valence-electron chi connectivity index (χ1n) is 34.2. The van der Waals surface area contributed by atoms with Crippen LogP contribution in [0.2, 0.25) is 0 Å². The van der Waals surface area contributed by atoms with Crippen molar-refractivity contribution in [2.24, 2.45) is 11.8 Å². The quantitative estimate of drug-likeness (QED) is 0.159. The van der Waals surface area contributed by atoms with Gasteiger partial charge in [-0.05, 0) is 240 Å². The van der Waals surface area contributed by atoms with Crippen LogP contribution in [-0.2, 0) is 37.9 Å². The number of nitrogens with zero attached hydrogens (tertiary/aromatic N) is 3. The van der Waals surface area contributed by atoms with Crippen LogP contribution in [0.3, 0.4) is 0 Å². The summed E-state index contributed by atoms with van der Waals surface area (Å²) in [5, 5.41) is 1.21. The van der Waals surface area contributed by atoms with Crippen LogP contribution in [0.15, 0.2) is 152 Å². The Labute approximate surface area is 529 Å².